The molecule has 12 aromatic carbocycles. The zero-order valence-corrected chi connectivity index (χ0v) is 80.1. The van der Waals surface area contributed by atoms with Gasteiger partial charge in [-0.05, 0) is 164 Å². The SMILES string of the molecule is CC(C)(C)c1ccc(B2NB3NB(N2)c2ccc(cc2)B2NB(NB(c4ccc(C(C)(C)C)cc4)N2)c2ccc(cc2)B2NB(NB(c4ccc(C(C)(C)C)cc4)N2)c2ccc(cc2)B2NB(NB(c4ccc(C(C)(C)C)cc4)N2)c2ccc(cc2)B2NB(NB(c4ccc(C(C)(C)C)cc4)N2)c2ccc(cc2)B2NB(NB(c4ccc(C(C)(C)C)cc4)N2)c2ccc3cc2)cc1. The third kappa shape index (κ3) is 20.6. The average molecular weight is 1720 g/mol. The number of rotatable bonds is 6. The zero-order chi connectivity index (χ0) is 91.9. The molecule has 0 aliphatic carbocycles. The largest absolute Gasteiger partial charge is 0.363 e. The molecule has 16 heterocycles. The lowest BCUT2D eigenvalue weighted by Crippen LogP contribution is -2.84. The summed E-state index contributed by atoms with van der Waals surface area (Å²) in [5, 5.41) is 72.8. The van der Waals surface area contributed by atoms with Crippen molar-refractivity contribution in [2.24, 2.45) is 0 Å². The zero-order valence-electron chi connectivity index (χ0n) is 80.1. The van der Waals surface area contributed by atoms with Crippen LogP contribution in [0.1, 0.15) is 158 Å². The number of hydrogen-bond donors (Lipinski definition) is 18. The molecule has 648 valence electrons. The minimum Gasteiger partial charge on any atom is -0.363 e. The molecule has 0 radical (unpaired) electrons. The van der Waals surface area contributed by atoms with Gasteiger partial charge in [0.25, 0.3) is 0 Å². The van der Waals surface area contributed by atoms with E-state index in [1.165, 1.54) is 66.2 Å². The first-order valence-corrected chi connectivity index (χ1v) is 47.9. The van der Waals surface area contributed by atoms with Crippen LogP contribution in [-0.2, 0) is 32.5 Å². The van der Waals surface area contributed by atoms with Gasteiger partial charge in [-0.15, -0.1) is 0 Å². The van der Waals surface area contributed by atoms with Crippen LogP contribution in [0.25, 0.3) is 0 Å². The van der Waals surface area contributed by atoms with Crippen LogP contribution >= 0.6 is 0 Å². The first-order chi connectivity index (χ1) is 63.0. The standard InChI is InChI=1S/C96H120B18N18/c1-91(2,3)67-19-31-73(32-20-67)97-115-103-79-43-47-81(48-44-79)105-117-98(74-33-21-68(22-34-74)92(4,5)6)119-107(128-105)83-51-55-85(56-52-83)109-121-100(76-37-25-70(26-38-76)94(10,11)12)123-111(130-109)87-59-63-89(64-60-87)113-125-102(78-41-29-72(30-42-78)96(16,17)18)126-114(132-113)90-65-61-88(62-66-90)112-124-101(77-39-27-71(28-40-77)95(13,14)15)122-110(131-112)86-57-53-84(54-58-86)108-120-99(75-35-23-69(24-36-75)93(7,8)9)118-106(129-108)82-49-45-80(46-50-82)104(116-97)127-103/h19-66,115-132H,1-18H3. The van der Waals surface area contributed by atoms with Crippen molar-refractivity contribution < 1.29 is 0 Å². The van der Waals surface area contributed by atoms with Crippen LogP contribution in [0, 0.1) is 0 Å². The Balaban J connectivity index is 0.693. The molecule has 0 amide bonds. The van der Waals surface area contributed by atoms with Crippen molar-refractivity contribution in [2.75, 3.05) is 0 Å². The fraction of sp³-hybridized carbons (Fsp3) is 0.250. The normalized spacial score (nSPS) is 17.0. The van der Waals surface area contributed by atoms with E-state index in [1.807, 2.05) is 0 Å². The van der Waals surface area contributed by atoms with Gasteiger partial charge in [0.05, 0.1) is 0 Å². The van der Waals surface area contributed by atoms with Crippen molar-refractivity contribution >= 4 is 224 Å². The minimum atomic E-state index is -0.225. The summed E-state index contributed by atoms with van der Waals surface area (Å²) >= 11 is 0. The highest BCUT2D eigenvalue weighted by atomic mass is 15.1. The minimum absolute atomic E-state index is 0.00629. The fourth-order valence-electron chi connectivity index (χ4n) is 19.7. The first-order valence-electron chi connectivity index (χ1n) is 47.9. The second kappa shape index (κ2) is 37.3. The Morgan fingerprint density at radius 1 is 0.0985 bits per heavy atom. The van der Waals surface area contributed by atoms with Crippen LogP contribution in [0.4, 0.5) is 0 Å². The van der Waals surface area contributed by atoms with Crippen LogP contribution in [0.2, 0.25) is 0 Å². The van der Waals surface area contributed by atoms with E-state index < -0.39 is 0 Å². The molecule has 16 aliphatic rings. The first kappa shape index (κ1) is 92.2. The Morgan fingerprint density at radius 2 is 0.152 bits per heavy atom. The van der Waals surface area contributed by atoms with Gasteiger partial charge in [0, 0.05) is 0 Å². The van der Waals surface area contributed by atoms with E-state index in [0.717, 1.165) is 65.6 Å². The van der Waals surface area contributed by atoms with Gasteiger partial charge in [0.2, 0.25) is 0 Å². The van der Waals surface area contributed by atoms with E-state index in [4.69, 9.17) is 0 Å². The van der Waals surface area contributed by atoms with Gasteiger partial charge < -0.3 is 92.5 Å². The fourth-order valence-corrected chi connectivity index (χ4v) is 19.7. The Hall–Kier alpha value is -8.91. The summed E-state index contributed by atoms with van der Waals surface area (Å²) in [4.78, 5) is 0. The summed E-state index contributed by atoms with van der Waals surface area (Å²) in [5.41, 5.74) is 28.4. The Labute approximate surface area is 792 Å². The summed E-state index contributed by atoms with van der Waals surface area (Å²) in [5.74, 6) is 0. The maximum atomic E-state index is 4.06. The highest BCUT2D eigenvalue weighted by Gasteiger charge is 2.47. The molecule has 18 N–H and O–H groups in total. The van der Waals surface area contributed by atoms with E-state index in [0.29, 0.717) is 0 Å². The lowest BCUT2D eigenvalue weighted by Gasteiger charge is -2.36. The molecule has 0 unspecified atom stereocenters. The molecule has 6 fully saturated rings. The molecule has 0 spiro atoms. The molecule has 28 rings (SSSR count). The van der Waals surface area contributed by atoms with Gasteiger partial charge in [-0.2, -0.15) is 0 Å². The molecule has 132 heavy (non-hydrogen) atoms. The highest BCUT2D eigenvalue weighted by Crippen LogP contribution is 2.26. The summed E-state index contributed by atoms with van der Waals surface area (Å²) < 4.78 is 0. The van der Waals surface area contributed by atoms with Gasteiger partial charge in [-0.25, -0.2) is 0 Å². The molecular weight excluding hydrogens is 1600 g/mol. The van der Waals surface area contributed by atoms with Crippen molar-refractivity contribution in [3.63, 3.8) is 0 Å². The van der Waals surface area contributed by atoms with Gasteiger partial charge in [-0.3, -0.25) is 0 Å². The molecule has 0 saturated carbocycles. The number of hydrogen-bond acceptors (Lipinski definition) is 18. The maximum Gasteiger partial charge on any atom is 0.320 e. The monoisotopic (exact) mass is 1720 g/mol. The topological polar surface area (TPSA) is 217 Å². The molecule has 0 aromatic heterocycles. The van der Waals surface area contributed by atoms with Crippen molar-refractivity contribution in [2.45, 2.75) is 157 Å². The highest BCUT2D eigenvalue weighted by molar-refractivity contribution is 7.04. The van der Waals surface area contributed by atoms with Gasteiger partial charge >= 0.3 is 126 Å². The summed E-state index contributed by atoms with van der Waals surface area (Å²) in [6.45, 7) is 37.2. The quantitative estimate of drug-likeness (QED) is 0.0769. The summed E-state index contributed by atoms with van der Waals surface area (Å²) in [7, 11) is 0. The molecule has 12 aromatic rings. The number of benzene rings is 12. The lowest BCUT2D eigenvalue weighted by atomic mass is 9.41. The summed E-state index contributed by atoms with van der Waals surface area (Å²) in [6, 6.07) is 110. The second-order valence-electron chi connectivity index (χ2n) is 44.0. The van der Waals surface area contributed by atoms with Crippen molar-refractivity contribution in [3.05, 3.63) is 325 Å². The molecular formula is C96H120B18N18. The van der Waals surface area contributed by atoms with Gasteiger partial charge in [-0.1, -0.05) is 416 Å². The van der Waals surface area contributed by atoms with Gasteiger partial charge in [0.1, 0.15) is 0 Å². The number of nitrogens with one attached hydrogen (secondary N) is 18. The van der Waals surface area contributed by atoms with E-state index in [2.05, 4.69) is 508 Å². The third-order valence-corrected chi connectivity index (χ3v) is 28.3. The van der Waals surface area contributed by atoms with Crippen LogP contribution in [0.15, 0.2) is 291 Å². The molecule has 24 bridgehead atoms. The average Bonchev–Trinajstić information content (AvgIpc) is 0.776. The second-order valence-corrected chi connectivity index (χ2v) is 44.0. The molecule has 36 heteroatoms. The van der Waals surface area contributed by atoms with Crippen LogP contribution < -0.4 is 191 Å². The van der Waals surface area contributed by atoms with E-state index in [9.17, 15) is 0 Å². The molecule has 0 atom stereocenters. The molecule has 16 aliphatic heterocycles. The van der Waals surface area contributed by atoms with Gasteiger partial charge in [0.15, 0.2) is 0 Å². The van der Waals surface area contributed by atoms with Crippen LogP contribution in [0.5, 0.6) is 0 Å². The van der Waals surface area contributed by atoms with E-state index in [1.54, 1.807) is 0 Å². The molecule has 6 saturated heterocycles. The Kier molecular flexibility index (Phi) is 26.0. The van der Waals surface area contributed by atoms with Crippen molar-refractivity contribution in [1.82, 2.24) is 92.5 Å². The third-order valence-electron chi connectivity index (χ3n) is 28.3. The summed E-state index contributed by atoms with van der Waals surface area (Å²) in [6.07, 6.45) is 0. The van der Waals surface area contributed by atoms with E-state index >= 15 is 0 Å². The molecule has 18 nitrogen and oxygen atoms in total. The van der Waals surface area contributed by atoms with Crippen LogP contribution in [-0.4, -0.2) is 126 Å². The predicted octanol–water partition coefficient (Wildman–Crippen LogP) is -2.60. The maximum absolute atomic E-state index is 4.06. The smallest absolute Gasteiger partial charge is 0.320 e. The predicted molar refractivity (Wildman–Crippen MR) is 583 cm³/mol. The van der Waals surface area contributed by atoms with Crippen LogP contribution in [0.3, 0.4) is 0 Å². The Bertz CT molecular complexity index is 4840. The van der Waals surface area contributed by atoms with E-state index in [-0.39, 0.29) is 158 Å². The van der Waals surface area contributed by atoms with Crippen molar-refractivity contribution in [3.8, 4) is 0 Å². The Morgan fingerprint density at radius 3 is 0.205 bits per heavy atom. The van der Waals surface area contributed by atoms with Crippen molar-refractivity contribution in [1.29, 1.82) is 0 Å². The lowest BCUT2D eigenvalue weighted by molar-refractivity contribution is 0.590.